The maximum absolute atomic E-state index is 13.6. The van der Waals surface area contributed by atoms with Crippen molar-refractivity contribution in [2.75, 3.05) is 19.8 Å². The Hall–Kier alpha value is -2.21. The first-order valence-electron chi connectivity index (χ1n) is 9.07. The Balaban J connectivity index is 1.35. The predicted octanol–water partition coefficient (Wildman–Crippen LogP) is 3.35. The van der Waals surface area contributed by atoms with Crippen molar-refractivity contribution >= 4 is 10.9 Å². The maximum atomic E-state index is 13.6. The van der Waals surface area contributed by atoms with E-state index in [9.17, 15) is 4.39 Å². The molecule has 6 heteroatoms. The normalized spacial score (nSPS) is 24.4. The number of fused-ring (bicyclic) bond motifs is 1. The van der Waals surface area contributed by atoms with Gasteiger partial charge in [-0.1, -0.05) is 18.2 Å². The van der Waals surface area contributed by atoms with Crippen molar-refractivity contribution in [1.82, 2.24) is 25.1 Å². The Labute approximate surface area is 145 Å². The van der Waals surface area contributed by atoms with Gasteiger partial charge in [0.2, 0.25) is 0 Å². The number of aromatic nitrogens is 4. The van der Waals surface area contributed by atoms with Crippen molar-refractivity contribution in [3.63, 3.8) is 0 Å². The van der Waals surface area contributed by atoms with Gasteiger partial charge in [0.25, 0.3) is 0 Å². The molecule has 5 rings (SSSR count). The molecule has 2 N–H and O–H groups in total. The first kappa shape index (κ1) is 15.1. The number of alkyl halides is 1. The lowest BCUT2D eigenvalue weighted by Crippen LogP contribution is -2.20. The SMILES string of the molecule is FCC1CN(Cc2c[nH]c3ccccc23)CC1c1nc(C2CC2)n[nH]1. The predicted molar refractivity (Wildman–Crippen MR) is 94.1 cm³/mol. The van der Waals surface area contributed by atoms with E-state index in [0.29, 0.717) is 5.92 Å². The van der Waals surface area contributed by atoms with Crippen molar-refractivity contribution in [1.29, 1.82) is 0 Å². The standard InChI is InChI=1S/C19H22FN5/c20-7-13-9-25(10-14-8-21-17-4-2-1-3-15(14)17)11-16(13)19-22-18(23-24-19)12-5-6-12/h1-4,8,12-13,16,21H,5-7,9-11H2,(H,22,23,24). The molecule has 0 spiro atoms. The summed E-state index contributed by atoms with van der Waals surface area (Å²) < 4.78 is 13.6. The van der Waals surface area contributed by atoms with Crippen molar-refractivity contribution in [3.05, 3.63) is 47.7 Å². The molecule has 1 saturated heterocycles. The second-order valence-corrected chi connectivity index (χ2v) is 7.43. The highest BCUT2D eigenvalue weighted by molar-refractivity contribution is 5.82. The minimum Gasteiger partial charge on any atom is -0.361 e. The molecule has 2 aliphatic rings. The van der Waals surface area contributed by atoms with Crippen molar-refractivity contribution < 1.29 is 4.39 Å². The molecular formula is C19H22FN5. The van der Waals surface area contributed by atoms with Crippen LogP contribution in [0.4, 0.5) is 4.39 Å². The Morgan fingerprint density at radius 3 is 2.92 bits per heavy atom. The minimum atomic E-state index is -0.311. The largest absolute Gasteiger partial charge is 0.361 e. The topological polar surface area (TPSA) is 60.6 Å². The van der Waals surface area contributed by atoms with Gasteiger partial charge in [-0.2, -0.15) is 5.10 Å². The number of para-hydroxylation sites is 1. The average molecular weight is 339 g/mol. The summed E-state index contributed by atoms with van der Waals surface area (Å²) in [5.41, 5.74) is 2.42. The Morgan fingerprint density at radius 2 is 2.08 bits per heavy atom. The lowest BCUT2D eigenvalue weighted by molar-refractivity contribution is 0.296. The number of H-pyrrole nitrogens is 2. The first-order valence-corrected chi connectivity index (χ1v) is 9.07. The molecule has 2 atom stereocenters. The lowest BCUT2D eigenvalue weighted by Gasteiger charge is -2.14. The number of aromatic amines is 2. The van der Waals surface area contributed by atoms with Crippen LogP contribution in [0, 0.1) is 5.92 Å². The highest BCUT2D eigenvalue weighted by atomic mass is 19.1. The van der Waals surface area contributed by atoms with Crippen LogP contribution in [0.25, 0.3) is 10.9 Å². The number of benzene rings is 1. The van der Waals surface area contributed by atoms with Crippen LogP contribution in [-0.4, -0.2) is 44.8 Å². The van der Waals surface area contributed by atoms with Crippen molar-refractivity contribution in [2.45, 2.75) is 31.2 Å². The van der Waals surface area contributed by atoms with Crippen LogP contribution in [0.15, 0.2) is 30.5 Å². The molecule has 3 aromatic rings. The van der Waals surface area contributed by atoms with E-state index in [-0.39, 0.29) is 18.5 Å². The summed E-state index contributed by atoms with van der Waals surface area (Å²) in [7, 11) is 0. The Morgan fingerprint density at radius 1 is 1.20 bits per heavy atom. The van der Waals surface area contributed by atoms with E-state index in [1.54, 1.807) is 0 Å². The maximum Gasteiger partial charge on any atom is 0.153 e. The molecule has 1 aliphatic heterocycles. The van der Waals surface area contributed by atoms with E-state index in [1.165, 1.54) is 23.8 Å². The number of nitrogens with zero attached hydrogens (tertiary/aromatic N) is 3. The van der Waals surface area contributed by atoms with Gasteiger partial charge >= 0.3 is 0 Å². The van der Waals surface area contributed by atoms with E-state index in [2.05, 4.69) is 49.5 Å². The van der Waals surface area contributed by atoms with E-state index in [0.717, 1.165) is 36.8 Å². The minimum absolute atomic E-state index is 0.00907. The summed E-state index contributed by atoms with van der Waals surface area (Å²) in [6.07, 6.45) is 4.43. The van der Waals surface area contributed by atoms with Crippen LogP contribution in [0.5, 0.6) is 0 Å². The van der Waals surface area contributed by atoms with Gasteiger partial charge in [0.1, 0.15) is 5.82 Å². The van der Waals surface area contributed by atoms with Gasteiger partial charge in [0.15, 0.2) is 5.82 Å². The van der Waals surface area contributed by atoms with Crippen LogP contribution in [0.1, 0.15) is 41.9 Å². The third-order valence-corrected chi connectivity index (χ3v) is 5.60. The number of likely N-dealkylation sites (tertiary alicyclic amines) is 1. The molecule has 3 heterocycles. The summed E-state index contributed by atoms with van der Waals surface area (Å²) in [5.74, 6) is 2.41. The van der Waals surface area contributed by atoms with E-state index in [4.69, 9.17) is 0 Å². The van der Waals surface area contributed by atoms with Gasteiger partial charge in [-0.05, 0) is 24.5 Å². The molecule has 130 valence electrons. The molecule has 2 aromatic heterocycles. The molecule has 1 saturated carbocycles. The second-order valence-electron chi connectivity index (χ2n) is 7.43. The fourth-order valence-electron chi connectivity index (χ4n) is 4.04. The molecule has 25 heavy (non-hydrogen) atoms. The number of hydrogen-bond acceptors (Lipinski definition) is 3. The van der Waals surface area contributed by atoms with Gasteiger partial charge in [0, 0.05) is 54.5 Å². The van der Waals surface area contributed by atoms with Gasteiger partial charge in [-0.15, -0.1) is 0 Å². The lowest BCUT2D eigenvalue weighted by atomic mass is 9.97. The third kappa shape index (κ3) is 2.74. The molecule has 5 nitrogen and oxygen atoms in total. The van der Waals surface area contributed by atoms with Crippen LogP contribution in [0.2, 0.25) is 0 Å². The van der Waals surface area contributed by atoms with Crippen molar-refractivity contribution in [3.8, 4) is 0 Å². The van der Waals surface area contributed by atoms with E-state index in [1.807, 2.05) is 6.07 Å². The van der Waals surface area contributed by atoms with Gasteiger partial charge < -0.3 is 4.98 Å². The first-order chi connectivity index (χ1) is 12.3. The molecule has 0 bridgehead atoms. The Bertz CT molecular complexity index is 881. The van der Waals surface area contributed by atoms with Gasteiger partial charge in [-0.25, -0.2) is 4.98 Å². The zero-order valence-electron chi connectivity index (χ0n) is 14.1. The van der Waals surface area contributed by atoms with Gasteiger partial charge in [0.05, 0.1) is 6.67 Å². The summed E-state index contributed by atoms with van der Waals surface area (Å²) >= 11 is 0. The van der Waals surface area contributed by atoms with Crippen LogP contribution >= 0.6 is 0 Å². The number of halogens is 1. The molecule has 1 aromatic carbocycles. The van der Waals surface area contributed by atoms with E-state index >= 15 is 0 Å². The zero-order chi connectivity index (χ0) is 16.8. The molecule has 2 fully saturated rings. The van der Waals surface area contributed by atoms with Crippen LogP contribution < -0.4 is 0 Å². The molecule has 0 radical (unpaired) electrons. The summed E-state index contributed by atoms with van der Waals surface area (Å²) in [5, 5.41) is 8.68. The van der Waals surface area contributed by atoms with Crippen LogP contribution in [-0.2, 0) is 6.54 Å². The number of hydrogen-bond donors (Lipinski definition) is 2. The zero-order valence-corrected chi connectivity index (χ0v) is 14.1. The fraction of sp³-hybridized carbons (Fsp3) is 0.474. The van der Waals surface area contributed by atoms with Gasteiger partial charge in [-0.3, -0.25) is 14.4 Å². The van der Waals surface area contributed by atoms with E-state index < -0.39 is 0 Å². The average Bonchev–Trinajstić information content (AvgIpc) is 3.08. The molecule has 1 aliphatic carbocycles. The smallest absolute Gasteiger partial charge is 0.153 e. The van der Waals surface area contributed by atoms with Crippen LogP contribution in [0.3, 0.4) is 0 Å². The molecule has 2 unspecified atom stereocenters. The van der Waals surface area contributed by atoms with Crippen molar-refractivity contribution in [2.24, 2.45) is 5.92 Å². The number of rotatable bonds is 5. The number of nitrogens with one attached hydrogen (secondary N) is 2. The summed E-state index contributed by atoms with van der Waals surface area (Å²) in [6, 6.07) is 8.32. The quantitative estimate of drug-likeness (QED) is 0.749. The summed E-state index contributed by atoms with van der Waals surface area (Å²) in [6.45, 7) is 2.11. The second kappa shape index (κ2) is 5.95. The summed E-state index contributed by atoms with van der Waals surface area (Å²) in [4.78, 5) is 10.3. The monoisotopic (exact) mass is 339 g/mol. The Kier molecular flexibility index (Phi) is 3.59. The molecular weight excluding hydrogens is 317 g/mol. The fourth-order valence-corrected chi connectivity index (χ4v) is 4.04. The highest BCUT2D eigenvalue weighted by Crippen LogP contribution is 2.39. The highest BCUT2D eigenvalue weighted by Gasteiger charge is 2.37. The molecule has 0 amide bonds. The third-order valence-electron chi connectivity index (χ3n) is 5.60.